The molecule has 0 aliphatic carbocycles. The van der Waals surface area contributed by atoms with Crippen molar-refractivity contribution in [1.82, 2.24) is 10.3 Å². The van der Waals surface area contributed by atoms with E-state index in [1.165, 1.54) is 12.1 Å². The zero-order chi connectivity index (χ0) is 14.5. The van der Waals surface area contributed by atoms with Crippen molar-refractivity contribution in [2.75, 3.05) is 12.3 Å². The summed E-state index contributed by atoms with van der Waals surface area (Å²) in [6.07, 6.45) is 2.47. The lowest BCUT2D eigenvalue weighted by molar-refractivity contribution is 0.533. The van der Waals surface area contributed by atoms with Gasteiger partial charge in [0.1, 0.15) is 17.5 Å². The Labute approximate surface area is 116 Å². The van der Waals surface area contributed by atoms with Crippen LogP contribution in [0.25, 0.3) is 0 Å². The molecule has 1 heterocycles. The second-order valence-corrected chi connectivity index (χ2v) is 4.53. The molecule has 0 saturated carbocycles. The molecule has 3 N–H and O–H groups in total. The lowest BCUT2D eigenvalue weighted by atomic mass is 9.98. The Balaban J connectivity index is 2.44. The summed E-state index contributed by atoms with van der Waals surface area (Å²) in [5, 5.41) is 3.22. The van der Waals surface area contributed by atoms with E-state index >= 15 is 0 Å². The second kappa shape index (κ2) is 6.43. The SMILES string of the molecule is CCCNC(c1ccc(F)cc1F)c1cccnc1N. The lowest BCUT2D eigenvalue weighted by Gasteiger charge is -2.21. The van der Waals surface area contributed by atoms with E-state index in [9.17, 15) is 8.78 Å². The second-order valence-electron chi connectivity index (χ2n) is 4.53. The molecular weight excluding hydrogens is 260 g/mol. The number of rotatable bonds is 5. The largest absolute Gasteiger partial charge is 0.383 e. The highest BCUT2D eigenvalue weighted by Gasteiger charge is 2.20. The van der Waals surface area contributed by atoms with Crippen LogP contribution in [0.4, 0.5) is 14.6 Å². The maximum Gasteiger partial charge on any atom is 0.131 e. The molecular formula is C15H17F2N3. The lowest BCUT2D eigenvalue weighted by Crippen LogP contribution is -2.25. The summed E-state index contributed by atoms with van der Waals surface area (Å²) in [5.41, 5.74) is 6.91. The van der Waals surface area contributed by atoms with Crippen LogP contribution in [0, 0.1) is 11.6 Å². The topological polar surface area (TPSA) is 50.9 Å². The van der Waals surface area contributed by atoms with Crippen molar-refractivity contribution in [2.24, 2.45) is 0 Å². The average Bonchev–Trinajstić information content (AvgIpc) is 2.42. The van der Waals surface area contributed by atoms with Crippen LogP contribution in [-0.4, -0.2) is 11.5 Å². The van der Waals surface area contributed by atoms with Crippen molar-refractivity contribution in [3.63, 3.8) is 0 Å². The van der Waals surface area contributed by atoms with E-state index in [4.69, 9.17) is 5.73 Å². The van der Waals surface area contributed by atoms with E-state index in [0.29, 0.717) is 23.5 Å². The van der Waals surface area contributed by atoms with Gasteiger partial charge in [-0.3, -0.25) is 0 Å². The summed E-state index contributed by atoms with van der Waals surface area (Å²) in [7, 11) is 0. The monoisotopic (exact) mass is 277 g/mol. The highest BCUT2D eigenvalue weighted by atomic mass is 19.1. The number of aromatic nitrogens is 1. The Morgan fingerprint density at radius 1 is 1.25 bits per heavy atom. The van der Waals surface area contributed by atoms with Crippen molar-refractivity contribution in [3.05, 3.63) is 59.3 Å². The Morgan fingerprint density at radius 2 is 2.05 bits per heavy atom. The van der Waals surface area contributed by atoms with Crippen molar-refractivity contribution in [1.29, 1.82) is 0 Å². The van der Waals surface area contributed by atoms with E-state index < -0.39 is 17.7 Å². The van der Waals surface area contributed by atoms with Crippen molar-refractivity contribution in [2.45, 2.75) is 19.4 Å². The first-order valence-electron chi connectivity index (χ1n) is 6.52. The molecule has 20 heavy (non-hydrogen) atoms. The number of hydrogen-bond acceptors (Lipinski definition) is 3. The Kier molecular flexibility index (Phi) is 4.63. The highest BCUT2D eigenvalue weighted by molar-refractivity contribution is 5.45. The zero-order valence-corrected chi connectivity index (χ0v) is 11.2. The number of nitrogens with zero attached hydrogens (tertiary/aromatic N) is 1. The third kappa shape index (κ3) is 3.11. The number of pyridine rings is 1. The normalized spacial score (nSPS) is 12.3. The number of halogens is 2. The van der Waals surface area contributed by atoms with Gasteiger partial charge in [0.15, 0.2) is 0 Å². The van der Waals surface area contributed by atoms with Crippen LogP contribution in [0.1, 0.15) is 30.5 Å². The average molecular weight is 277 g/mol. The number of anilines is 1. The summed E-state index contributed by atoms with van der Waals surface area (Å²) in [6, 6.07) is 6.65. The minimum absolute atomic E-state index is 0.338. The third-order valence-electron chi connectivity index (χ3n) is 3.05. The highest BCUT2D eigenvalue weighted by Crippen LogP contribution is 2.27. The summed E-state index contributed by atoms with van der Waals surface area (Å²) >= 11 is 0. The van der Waals surface area contributed by atoms with Gasteiger partial charge >= 0.3 is 0 Å². The third-order valence-corrected chi connectivity index (χ3v) is 3.05. The molecule has 0 saturated heterocycles. The molecule has 0 aliphatic heterocycles. The van der Waals surface area contributed by atoms with Gasteiger partial charge in [0.05, 0.1) is 6.04 Å². The molecule has 3 nitrogen and oxygen atoms in total. The predicted molar refractivity (Wildman–Crippen MR) is 75.1 cm³/mol. The first-order chi connectivity index (χ1) is 9.63. The van der Waals surface area contributed by atoms with Crippen LogP contribution in [-0.2, 0) is 0 Å². The minimum atomic E-state index is -0.598. The summed E-state index contributed by atoms with van der Waals surface area (Å²) in [5.74, 6) is -0.855. The molecule has 0 amide bonds. The molecule has 1 atom stereocenters. The molecule has 1 aromatic heterocycles. The van der Waals surface area contributed by atoms with Gasteiger partial charge in [0.25, 0.3) is 0 Å². The van der Waals surface area contributed by atoms with Gasteiger partial charge in [-0.05, 0) is 25.1 Å². The van der Waals surface area contributed by atoms with Gasteiger partial charge < -0.3 is 11.1 Å². The van der Waals surface area contributed by atoms with Gasteiger partial charge in [-0.2, -0.15) is 0 Å². The van der Waals surface area contributed by atoms with E-state index in [2.05, 4.69) is 10.3 Å². The number of nitrogens with two attached hydrogens (primary N) is 1. The molecule has 0 radical (unpaired) electrons. The number of nitrogens with one attached hydrogen (secondary N) is 1. The van der Waals surface area contributed by atoms with Gasteiger partial charge in [-0.15, -0.1) is 0 Å². The van der Waals surface area contributed by atoms with Crippen LogP contribution < -0.4 is 11.1 Å². The molecule has 106 valence electrons. The van der Waals surface area contributed by atoms with Crippen LogP contribution >= 0.6 is 0 Å². The van der Waals surface area contributed by atoms with Gasteiger partial charge in [-0.25, -0.2) is 13.8 Å². The summed E-state index contributed by atoms with van der Waals surface area (Å²) in [4.78, 5) is 4.02. The number of benzene rings is 1. The van der Waals surface area contributed by atoms with Gasteiger partial charge in [0, 0.05) is 23.4 Å². The van der Waals surface area contributed by atoms with Gasteiger partial charge in [0.2, 0.25) is 0 Å². The van der Waals surface area contributed by atoms with E-state index in [1.54, 1.807) is 18.3 Å². The van der Waals surface area contributed by atoms with E-state index in [0.717, 1.165) is 12.5 Å². The van der Waals surface area contributed by atoms with Crippen LogP contribution in [0.15, 0.2) is 36.5 Å². The quantitative estimate of drug-likeness (QED) is 0.883. The zero-order valence-electron chi connectivity index (χ0n) is 11.2. The molecule has 2 aromatic rings. The van der Waals surface area contributed by atoms with Crippen molar-refractivity contribution in [3.8, 4) is 0 Å². The first kappa shape index (κ1) is 14.4. The summed E-state index contributed by atoms with van der Waals surface area (Å²) in [6.45, 7) is 2.70. The first-order valence-corrected chi connectivity index (χ1v) is 6.52. The predicted octanol–water partition coefficient (Wildman–Crippen LogP) is 3.03. The molecule has 1 aromatic carbocycles. The Hall–Kier alpha value is -2.01. The Bertz CT molecular complexity index is 587. The molecule has 1 unspecified atom stereocenters. The molecule has 0 bridgehead atoms. The standard InChI is InChI=1S/C15H17F2N3/c1-2-7-19-14(12-4-3-8-20-15(12)18)11-6-5-10(16)9-13(11)17/h3-6,8-9,14,19H,2,7H2,1H3,(H2,18,20). The molecule has 2 rings (SSSR count). The van der Waals surface area contributed by atoms with E-state index in [-0.39, 0.29) is 0 Å². The van der Waals surface area contributed by atoms with Crippen molar-refractivity contribution >= 4 is 5.82 Å². The summed E-state index contributed by atoms with van der Waals surface area (Å²) < 4.78 is 27.1. The fourth-order valence-electron chi connectivity index (χ4n) is 2.09. The van der Waals surface area contributed by atoms with Crippen LogP contribution in [0.5, 0.6) is 0 Å². The fraction of sp³-hybridized carbons (Fsp3) is 0.267. The van der Waals surface area contributed by atoms with Crippen LogP contribution in [0.2, 0.25) is 0 Å². The Morgan fingerprint density at radius 3 is 2.70 bits per heavy atom. The number of nitrogen functional groups attached to an aromatic ring is 1. The van der Waals surface area contributed by atoms with Gasteiger partial charge in [-0.1, -0.05) is 19.1 Å². The maximum atomic E-state index is 14.0. The molecule has 0 aliphatic rings. The molecule has 0 fully saturated rings. The fourth-order valence-corrected chi connectivity index (χ4v) is 2.09. The molecule has 5 heteroatoms. The van der Waals surface area contributed by atoms with Crippen molar-refractivity contribution < 1.29 is 8.78 Å². The van der Waals surface area contributed by atoms with Crippen LogP contribution in [0.3, 0.4) is 0 Å². The maximum absolute atomic E-state index is 14.0. The van der Waals surface area contributed by atoms with E-state index in [1.807, 2.05) is 6.92 Å². The molecule has 0 spiro atoms. The minimum Gasteiger partial charge on any atom is -0.383 e. The smallest absolute Gasteiger partial charge is 0.131 e. The number of hydrogen-bond donors (Lipinski definition) is 2.